The third kappa shape index (κ3) is 4.45. The number of hydrogen-bond donors (Lipinski definition) is 0. The van der Waals surface area contributed by atoms with E-state index >= 15 is 0 Å². The van der Waals surface area contributed by atoms with Crippen LogP contribution in [0.4, 0.5) is 5.69 Å². The fourth-order valence-electron chi connectivity index (χ4n) is 3.09. The summed E-state index contributed by atoms with van der Waals surface area (Å²) in [5, 5.41) is 0.784. The van der Waals surface area contributed by atoms with Crippen LogP contribution in [-0.4, -0.2) is 43.9 Å². The van der Waals surface area contributed by atoms with Crippen LogP contribution < -0.4 is 4.90 Å². The van der Waals surface area contributed by atoms with Gasteiger partial charge in [0.15, 0.2) is 0 Å². The Hall–Kier alpha value is -1.06. The van der Waals surface area contributed by atoms with Crippen molar-refractivity contribution in [1.82, 2.24) is 4.90 Å². The van der Waals surface area contributed by atoms with Crippen LogP contribution in [0.3, 0.4) is 0 Å². The van der Waals surface area contributed by atoms with Crippen LogP contribution in [0.2, 0.25) is 5.02 Å². The molecular formula is C17H25ClN2O. The molecule has 2 rings (SSSR count). The van der Waals surface area contributed by atoms with Crippen LogP contribution in [0.5, 0.6) is 0 Å². The number of benzene rings is 1. The van der Waals surface area contributed by atoms with Gasteiger partial charge in [-0.1, -0.05) is 37.9 Å². The van der Waals surface area contributed by atoms with Crippen molar-refractivity contribution in [1.29, 1.82) is 0 Å². The topological polar surface area (TPSA) is 23.6 Å². The van der Waals surface area contributed by atoms with E-state index in [-0.39, 0.29) is 5.41 Å². The lowest BCUT2D eigenvalue weighted by atomic mass is 9.86. The van der Waals surface area contributed by atoms with Crippen LogP contribution in [0, 0.1) is 5.41 Å². The third-order valence-electron chi connectivity index (χ3n) is 4.24. The average molecular weight is 309 g/mol. The molecule has 0 saturated carbocycles. The lowest BCUT2D eigenvalue weighted by molar-refractivity contribution is -0.116. The van der Waals surface area contributed by atoms with Crippen LogP contribution in [0.1, 0.15) is 26.7 Å². The second-order valence-electron chi connectivity index (χ2n) is 6.26. The first-order chi connectivity index (χ1) is 10.1. The van der Waals surface area contributed by atoms with Gasteiger partial charge in [-0.05, 0) is 24.6 Å². The summed E-state index contributed by atoms with van der Waals surface area (Å²) in [6.07, 6.45) is 3.16. The summed E-state index contributed by atoms with van der Waals surface area (Å²) >= 11 is 6.06. The van der Waals surface area contributed by atoms with Crippen LogP contribution in [0.15, 0.2) is 24.3 Å². The SMILES string of the molecule is CCCC(C)(C=O)CN1CCN(c2cccc(Cl)c2)CC1. The van der Waals surface area contributed by atoms with Gasteiger partial charge in [0.05, 0.1) is 0 Å². The van der Waals surface area contributed by atoms with Gasteiger partial charge in [-0.2, -0.15) is 0 Å². The normalized spacial score (nSPS) is 19.3. The number of hydrogen-bond acceptors (Lipinski definition) is 3. The molecule has 0 amide bonds. The molecule has 0 radical (unpaired) electrons. The second kappa shape index (κ2) is 7.28. The lowest BCUT2D eigenvalue weighted by Crippen LogP contribution is -2.49. The van der Waals surface area contributed by atoms with Crippen molar-refractivity contribution < 1.29 is 4.79 Å². The van der Waals surface area contributed by atoms with E-state index < -0.39 is 0 Å². The van der Waals surface area contributed by atoms with Crippen molar-refractivity contribution >= 4 is 23.6 Å². The smallest absolute Gasteiger partial charge is 0.127 e. The summed E-state index contributed by atoms with van der Waals surface area (Å²) in [4.78, 5) is 16.1. The van der Waals surface area contributed by atoms with Gasteiger partial charge in [0.25, 0.3) is 0 Å². The molecule has 1 saturated heterocycles. The Morgan fingerprint density at radius 1 is 1.29 bits per heavy atom. The second-order valence-corrected chi connectivity index (χ2v) is 6.70. The minimum absolute atomic E-state index is 0.201. The molecule has 1 heterocycles. The fourth-order valence-corrected chi connectivity index (χ4v) is 3.28. The van der Waals surface area contributed by atoms with Crippen molar-refractivity contribution in [3.63, 3.8) is 0 Å². The van der Waals surface area contributed by atoms with E-state index in [9.17, 15) is 4.79 Å². The van der Waals surface area contributed by atoms with Gasteiger partial charge < -0.3 is 9.69 Å². The summed E-state index contributed by atoms with van der Waals surface area (Å²) in [6, 6.07) is 8.02. The predicted octanol–water partition coefficient (Wildman–Crippen LogP) is 3.47. The van der Waals surface area contributed by atoms with Gasteiger partial charge >= 0.3 is 0 Å². The van der Waals surface area contributed by atoms with Gasteiger partial charge in [0, 0.05) is 48.8 Å². The Morgan fingerprint density at radius 2 is 2.00 bits per heavy atom. The number of rotatable bonds is 6. The van der Waals surface area contributed by atoms with E-state index in [0.717, 1.165) is 56.9 Å². The first-order valence-corrected chi connectivity index (χ1v) is 8.13. The van der Waals surface area contributed by atoms with Crippen molar-refractivity contribution in [2.75, 3.05) is 37.6 Å². The van der Waals surface area contributed by atoms with Gasteiger partial charge in [-0.15, -0.1) is 0 Å². The Kier molecular flexibility index (Phi) is 5.65. The van der Waals surface area contributed by atoms with Gasteiger partial charge in [-0.3, -0.25) is 4.90 Å². The Balaban J connectivity index is 1.90. The predicted molar refractivity (Wildman–Crippen MR) is 89.2 cm³/mol. The summed E-state index contributed by atoms with van der Waals surface area (Å²) in [5.74, 6) is 0. The number of anilines is 1. The summed E-state index contributed by atoms with van der Waals surface area (Å²) < 4.78 is 0. The molecule has 0 bridgehead atoms. The van der Waals surface area contributed by atoms with Gasteiger partial charge in [0.1, 0.15) is 6.29 Å². The molecule has 3 nitrogen and oxygen atoms in total. The van der Waals surface area contributed by atoms with Crippen LogP contribution >= 0.6 is 11.6 Å². The highest BCUT2D eigenvalue weighted by atomic mass is 35.5. The van der Waals surface area contributed by atoms with Crippen LogP contribution in [-0.2, 0) is 4.79 Å². The van der Waals surface area contributed by atoms with Gasteiger partial charge in [0.2, 0.25) is 0 Å². The zero-order chi connectivity index (χ0) is 15.3. The third-order valence-corrected chi connectivity index (χ3v) is 4.47. The number of aldehydes is 1. The van der Waals surface area contributed by atoms with Crippen LogP contribution in [0.25, 0.3) is 0 Å². The molecule has 1 aliphatic rings. The summed E-state index contributed by atoms with van der Waals surface area (Å²) in [6.45, 7) is 9.06. The van der Waals surface area contributed by atoms with Crippen molar-refractivity contribution in [2.45, 2.75) is 26.7 Å². The minimum Gasteiger partial charge on any atom is -0.369 e. The van der Waals surface area contributed by atoms with Gasteiger partial charge in [-0.25, -0.2) is 0 Å². The molecule has 0 spiro atoms. The highest BCUT2D eigenvalue weighted by Gasteiger charge is 2.27. The fraction of sp³-hybridized carbons (Fsp3) is 0.588. The highest BCUT2D eigenvalue weighted by molar-refractivity contribution is 6.30. The standard InChI is InChI=1S/C17H25ClN2O/c1-3-7-17(2,14-21)13-19-8-10-20(11-9-19)16-6-4-5-15(18)12-16/h4-6,12,14H,3,7-11,13H2,1-2H3. The monoisotopic (exact) mass is 308 g/mol. The van der Waals surface area contributed by atoms with E-state index in [4.69, 9.17) is 11.6 Å². The molecule has 1 aliphatic heterocycles. The highest BCUT2D eigenvalue weighted by Crippen LogP contribution is 2.24. The van der Waals surface area contributed by atoms with E-state index in [0.29, 0.717) is 0 Å². The molecule has 4 heteroatoms. The molecule has 1 unspecified atom stereocenters. The molecule has 0 aromatic heterocycles. The quantitative estimate of drug-likeness (QED) is 0.752. The number of carbonyl (C=O) groups excluding carboxylic acids is 1. The van der Waals surface area contributed by atoms with E-state index in [1.54, 1.807) is 0 Å². The Bertz CT molecular complexity index is 472. The molecule has 21 heavy (non-hydrogen) atoms. The average Bonchev–Trinajstić information content (AvgIpc) is 2.48. The molecular weight excluding hydrogens is 284 g/mol. The molecule has 1 fully saturated rings. The van der Waals surface area contributed by atoms with E-state index in [2.05, 4.69) is 29.7 Å². The molecule has 0 aliphatic carbocycles. The maximum atomic E-state index is 11.4. The lowest BCUT2D eigenvalue weighted by Gasteiger charge is -2.39. The van der Waals surface area contributed by atoms with E-state index in [1.807, 2.05) is 18.2 Å². The Morgan fingerprint density at radius 3 is 2.57 bits per heavy atom. The Labute approximate surface area is 132 Å². The van der Waals surface area contributed by atoms with Crippen molar-refractivity contribution in [2.24, 2.45) is 5.41 Å². The number of nitrogens with zero attached hydrogens (tertiary/aromatic N) is 2. The molecule has 1 aromatic carbocycles. The number of halogens is 1. The summed E-state index contributed by atoms with van der Waals surface area (Å²) in [7, 11) is 0. The minimum atomic E-state index is -0.201. The first kappa shape index (κ1) is 16.3. The van der Waals surface area contributed by atoms with E-state index in [1.165, 1.54) is 5.69 Å². The largest absolute Gasteiger partial charge is 0.369 e. The maximum absolute atomic E-state index is 11.4. The zero-order valence-electron chi connectivity index (χ0n) is 13.0. The number of piperazine rings is 1. The first-order valence-electron chi connectivity index (χ1n) is 7.75. The summed E-state index contributed by atoms with van der Waals surface area (Å²) in [5.41, 5.74) is 0.987. The molecule has 1 atom stereocenters. The molecule has 116 valence electrons. The number of carbonyl (C=O) groups is 1. The van der Waals surface area contributed by atoms with Crippen molar-refractivity contribution in [3.05, 3.63) is 29.3 Å². The molecule has 1 aromatic rings. The molecule has 0 N–H and O–H groups in total. The maximum Gasteiger partial charge on any atom is 0.127 e. The zero-order valence-corrected chi connectivity index (χ0v) is 13.8. The van der Waals surface area contributed by atoms with Crippen molar-refractivity contribution in [3.8, 4) is 0 Å².